The summed E-state index contributed by atoms with van der Waals surface area (Å²) in [5.41, 5.74) is -0.186. The number of aliphatic hydroxyl groups is 1. The van der Waals surface area contributed by atoms with Crippen LogP contribution in [0, 0.1) is 0 Å². The topological polar surface area (TPSA) is 42.4 Å². The van der Waals surface area contributed by atoms with Gasteiger partial charge in [0.2, 0.25) is 0 Å². The highest BCUT2D eigenvalue weighted by molar-refractivity contribution is 5.10. The second-order valence-corrected chi connectivity index (χ2v) is 3.38. The van der Waals surface area contributed by atoms with Crippen molar-refractivity contribution in [2.24, 2.45) is 0 Å². The largest absolute Gasteiger partial charge is 0.356 e. The van der Waals surface area contributed by atoms with Gasteiger partial charge >= 0.3 is 0 Å². The van der Waals surface area contributed by atoms with Gasteiger partial charge in [-0.15, -0.1) is 0 Å². The van der Waals surface area contributed by atoms with E-state index in [1.807, 2.05) is 0 Å². The number of pyridine rings is 1. The molecule has 0 spiro atoms. The van der Waals surface area contributed by atoms with Gasteiger partial charge in [0.15, 0.2) is 0 Å². The first kappa shape index (κ1) is 12.0. The monoisotopic (exact) mass is 217 g/mol. The van der Waals surface area contributed by atoms with Crippen molar-refractivity contribution in [3.05, 3.63) is 30.1 Å². The van der Waals surface area contributed by atoms with Crippen LogP contribution in [-0.2, 0) is 10.5 Å². The molecule has 0 bridgehead atoms. The van der Waals surface area contributed by atoms with E-state index < -0.39 is 18.3 Å². The summed E-state index contributed by atoms with van der Waals surface area (Å²) in [6.45, 7) is 3.13. The number of nitrogens with zero attached hydrogens (tertiary/aromatic N) is 1. The molecule has 15 heavy (non-hydrogen) atoms. The molecule has 5 heteroatoms. The Hall–Kier alpha value is -1.07. The molecule has 3 nitrogen and oxygen atoms in total. The van der Waals surface area contributed by atoms with Gasteiger partial charge in [-0.25, -0.2) is 8.78 Å². The summed E-state index contributed by atoms with van der Waals surface area (Å²) in [5, 5.41) is 9.70. The second-order valence-electron chi connectivity index (χ2n) is 3.38. The van der Waals surface area contributed by atoms with E-state index in [0.717, 1.165) is 0 Å². The zero-order valence-corrected chi connectivity index (χ0v) is 8.52. The van der Waals surface area contributed by atoms with E-state index in [2.05, 4.69) is 4.98 Å². The van der Waals surface area contributed by atoms with Crippen LogP contribution < -0.4 is 0 Å². The highest BCUT2D eigenvalue weighted by Gasteiger charge is 2.43. The molecule has 0 aliphatic rings. The lowest BCUT2D eigenvalue weighted by Gasteiger charge is -2.28. The van der Waals surface area contributed by atoms with Crippen molar-refractivity contribution in [3.63, 3.8) is 0 Å². The average molecular weight is 217 g/mol. The van der Waals surface area contributed by atoms with Crippen LogP contribution in [0.15, 0.2) is 24.4 Å². The van der Waals surface area contributed by atoms with Crippen LogP contribution in [-0.4, -0.2) is 22.6 Å². The standard InChI is InChI=1S/C10H13F2NO2/c1-7(2)15-10(14,9(11)12)8-5-3-4-6-13-8/h3-7,9,14H,1-2H3. The number of halogens is 2. The van der Waals surface area contributed by atoms with Crippen LogP contribution in [0.1, 0.15) is 19.5 Å². The molecule has 1 heterocycles. The third-order valence-electron chi connectivity index (χ3n) is 1.74. The Morgan fingerprint density at radius 2 is 2.07 bits per heavy atom. The fourth-order valence-electron chi connectivity index (χ4n) is 1.16. The number of alkyl halides is 2. The van der Waals surface area contributed by atoms with Crippen LogP contribution in [0.25, 0.3) is 0 Å². The zero-order chi connectivity index (χ0) is 11.5. The lowest BCUT2D eigenvalue weighted by atomic mass is 10.1. The van der Waals surface area contributed by atoms with Crippen molar-refractivity contribution >= 4 is 0 Å². The Morgan fingerprint density at radius 1 is 1.40 bits per heavy atom. The first-order chi connectivity index (χ1) is 6.97. The molecule has 1 rings (SSSR count). The summed E-state index contributed by atoms with van der Waals surface area (Å²) in [4.78, 5) is 3.67. The molecule has 1 unspecified atom stereocenters. The molecule has 1 aromatic rings. The number of hydrogen-bond donors (Lipinski definition) is 1. The van der Waals surface area contributed by atoms with Crippen molar-refractivity contribution in [1.29, 1.82) is 0 Å². The molecule has 0 saturated carbocycles. The maximum atomic E-state index is 12.7. The van der Waals surface area contributed by atoms with E-state index in [0.29, 0.717) is 0 Å². The lowest BCUT2D eigenvalue weighted by Crippen LogP contribution is -2.40. The minimum absolute atomic E-state index is 0.186. The first-order valence-corrected chi connectivity index (χ1v) is 4.56. The smallest absolute Gasteiger partial charge is 0.297 e. The first-order valence-electron chi connectivity index (χ1n) is 4.56. The Labute approximate surface area is 86.7 Å². The third-order valence-corrected chi connectivity index (χ3v) is 1.74. The van der Waals surface area contributed by atoms with Gasteiger partial charge in [-0.3, -0.25) is 4.98 Å². The van der Waals surface area contributed by atoms with E-state index in [1.54, 1.807) is 19.9 Å². The molecule has 1 atom stereocenters. The van der Waals surface area contributed by atoms with E-state index in [9.17, 15) is 13.9 Å². The van der Waals surface area contributed by atoms with E-state index in [4.69, 9.17) is 4.74 Å². The predicted molar refractivity (Wildman–Crippen MR) is 50.4 cm³/mol. The number of aromatic nitrogens is 1. The molecular weight excluding hydrogens is 204 g/mol. The van der Waals surface area contributed by atoms with Crippen molar-refractivity contribution < 1.29 is 18.6 Å². The molecule has 0 amide bonds. The second kappa shape index (κ2) is 4.63. The maximum Gasteiger partial charge on any atom is 0.297 e. The van der Waals surface area contributed by atoms with Gasteiger partial charge in [0.1, 0.15) is 5.69 Å². The zero-order valence-electron chi connectivity index (χ0n) is 8.52. The van der Waals surface area contributed by atoms with Gasteiger partial charge in [-0.1, -0.05) is 6.07 Å². The third kappa shape index (κ3) is 2.70. The minimum atomic E-state index is -3.05. The fraction of sp³-hybridized carbons (Fsp3) is 0.500. The molecule has 0 aliphatic carbocycles. The van der Waals surface area contributed by atoms with Gasteiger partial charge in [-0.2, -0.15) is 0 Å². The molecule has 0 aromatic carbocycles. The van der Waals surface area contributed by atoms with Crippen LogP contribution in [0.3, 0.4) is 0 Å². The molecule has 0 radical (unpaired) electrons. The van der Waals surface area contributed by atoms with Gasteiger partial charge < -0.3 is 9.84 Å². The predicted octanol–water partition coefficient (Wildman–Crippen LogP) is 1.92. The molecule has 1 aromatic heterocycles. The molecule has 84 valence electrons. The van der Waals surface area contributed by atoms with Crippen molar-refractivity contribution in [1.82, 2.24) is 4.98 Å². The minimum Gasteiger partial charge on any atom is -0.356 e. The van der Waals surface area contributed by atoms with Crippen molar-refractivity contribution in [3.8, 4) is 0 Å². The van der Waals surface area contributed by atoms with Crippen LogP contribution >= 0.6 is 0 Å². The van der Waals surface area contributed by atoms with Crippen LogP contribution in [0.5, 0.6) is 0 Å². The number of rotatable bonds is 4. The normalized spacial score (nSPS) is 15.7. The lowest BCUT2D eigenvalue weighted by molar-refractivity contribution is -0.295. The van der Waals surface area contributed by atoms with E-state index in [1.165, 1.54) is 18.3 Å². The van der Waals surface area contributed by atoms with Gasteiger partial charge in [0.25, 0.3) is 12.2 Å². The van der Waals surface area contributed by atoms with Gasteiger partial charge in [0.05, 0.1) is 6.10 Å². The maximum absolute atomic E-state index is 12.7. The highest BCUT2D eigenvalue weighted by atomic mass is 19.3. The summed E-state index contributed by atoms with van der Waals surface area (Å²) in [7, 11) is 0. The quantitative estimate of drug-likeness (QED) is 0.783. The highest BCUT2D eigenvalue weighted by Crippen LogP contribution is 2.29. The molecular formula is C10H13F2NO2. The summed E-state index contributed by atoms with van der Waals surface area (Å²) in [6, 6.07) is 4.39. The summed E-state index contributed by atoms with van der Waals surface area (Å²) < 4.78 is 30.3. The van der Waals surface area contributed by atoms with Crippen molar-refractivity contribution in [2.45, 2.75) is 32.2 Å². The fourth-order valence-corrected chi connectivity index (χ4v) is 1.16. The summed E-state index contributed by atoms with van der Waals surface area (Å²) >= 11 is 0. The molecule has 0 aliphatic heterocycles. The summed E-state index contributed by atoms with van der Waals surface area (Å²) in [6.07, 6.45) is -2.24. The van der Waals surface area contributed by atoms with Gasteiger partial charge in [0, 0.05) is 6.20 Å². The Balaban J connectivity index is 3.02. The Bertz CT molecular complexity index is 306. The number of ether oxygens (including phenoxy) is 1. The van der Waals surface area contributed by atoms with Gasteiger partial charge in [-0.05, 0) is 26.0 Å². The van der Waals surface area contributed by atoms with Crippen molar-refractivity contribution in [2.75, 3.05) is 0 Å². The van der Waals surface area contributed by atoms with Crippen LogP contribution in [0.4, 0.5) is 8.78 Å². The Morgan fingerprint density at radius 3 is 2.47 bits per heavy atom. The van der Waals surface area contributed by atoms with E-state index in [-0.39, 0.29) is 5.69 Å². The van der Waals surface area contributed by atoms with Crippen LogP contribution in [0.2, 0.25) is 0 Å². The Kier molecular flexibility index (Phi) is 3.71. The molecule has 1 N–H and O–H groups in total. The molecule has 0 fully saturated rings. The average Bonchev–Trinajstić information content (AvgIpc) is 2.17. The molecule has 0 saturated heterocycles. The SMILES string of the molecule is CC(C)OC(O)(c1ccccn1)C(F)F. The summed E-state index contributed by atoms with van der Waals surface area (Å²) in [5.74, 6) is -2.63. The van der Waals surface area contributed by atoms with E-state index >= 15 is 0 Å². The number of hydrogen-bond acceptors (Lipinski definition) is 3.